The van der Waals surface area contributed by atoms with E-state index in [-0.39, 0.29) is 0 Å². The summed E-state index contributed by atoms with van der Waals surface area (Å²) in [6.07, 6.45) is 7.46. The van der Waals surface area contributed by atoms with Crippen molar-refractivity contribution in [3.8, 4) is 0 Å². The molecule has 0 unspecified atom stereocenters. The number of nitrogens with zero attached hydrogens (tertiary/aromatic N) is 1. The first-order chi connectivity index (χ1) is 7.38. The standard InChI is InChI=1S/C5H4N.2C4H9.Sn/c1-2-4-6-5-3-1;2*1-3-4-2;/h1-4H;2*1,3-4H2,2H3;. The molecule has 1 aromatic rings. The van der Waals surface area contributed by atoms with Gasteiger partial charge in [0.1, 0.15) is 0 Å². The van der Waals surface area contributed by atoms with Crippen molar-refractivity contribution in [1.29, 1.82) is 0 Å². The van der Waals surface area contributed by atoms with Crippen LogP contribution in [0.3, 0.4) is 0 Å². The molecule has 0 bridgehead atoms. The molecule has 0 aliphatic rings. The normalized spacial score (nSPS) is 10.9. The Kier molecular flexibility index (Phi) is 7.06. The van der Waals surface area contributed by atoms with Crippen LogP contribution >= 0.6 is 0 Å². The third-order valence-electron chi connectivity index (χ3n) is 2.69. The van der Waals surface area contributed by atoms with Gasteiger partial charge in [-0.05, 0) is 0 Å². The molecule has 0 amide bonds. The first-order valence-electron chi connectivity index (χ1n) is 6.14. The molecule has 0 aliphatic carbocycles. The minimum absolute atomic E-state index is 1.33. The van der Waals surface area contributed by atoms with Crippen molar-refractivity contribution in [2.75, 3.05) is 0 Å². The maximum absolute atomic E-state index is 4.57. The molecule has 0 aromatic carbocycles. The fraction of sp³-hybridized carbons (Fsp3) is 0.615. The molecule has 1 aromatic heterocycles. The summed E-state index contributed by atoms with van der Waals surface area (Å²) in [5.74, 6) is 0. The third kappa shape index (κ3) is 5.00. The Balaban J connectivity index is 2.55. The molecule has 0 spiro atoms. The van der Waals surface area contributed by atoms with Gasteiger partial charge in [0.05, 0.1) is 0 Å². The van der Waals surface area contributed by atoms with Crippen molar-refractivity contribution < 1.29 is 0 Å². The molecule has 1 heterocycles. The van der Waals surface area contributed by atoms with Crippen LogP contribution in [0.2, 0.25) is 8.87 Å². The van der Waals surface area contributed by atoms with Gasteiger partial charge in [-0.2, -0.15) is 0 Å². The zero-order valence-electron chi connectivity index (χ0n) is 10.00. The molecule has 0 atom stereocenters. The van der Waals surface area contributed by atoms with E-state index in [0.29, 0.717) is 0 Å². The van der Waals surface area contributed by atoms with E-state index in [9.17, 15) is 0 Å². The molecule has 0 aliphatic heterocycles. The van der Waals surface area contributed by atoms with E-state index in [1.165, 1.54) is 38.3 Å². The monoisotopic (exact) mass is 312 g/mol. The molecule has 0 saturated carbocycles. The Bertz CT molecular complexity index is 240. The van der Waals surface area contributed by atoms with Crippen molar-refractivity contribution in [2.24, 2.45) is 0 Å². The van der Waals surface area contributed by atoms with Gasteiger partial charge < -0.3 is 0 Å². The number of hydrogen-bond acceptors (Lipinski definition) is 1. The van der Waals surface area contributed by atoms with Gasteiger partial charge in [-0.15, -0.1) is 0 Å². The molecule has 1 radical (unpaired) electrons. The van der Waals surface area contributed by atoms with Crippen LogP contribution in [0.25, 0.3) is 0 Å². The summed E-state index contributed by atoms with van der Waals surface area (Å²) in [6, 6.07) is 6.45. The molecule has 0 fully saturated rings. The van der Waals surface area contributed by atoms with Gasteiger partial charge in [0.2, 0.25) is 0 Å². The Morgan fingerprint density at radius 3 is 2.20 bits per heavy atom. The summed E-state index contributed by atoms with van der Waals surface area (Å²) in [4.78, 5) is 4.57. The second kappa shape index (κ2) is 8.14. The fourth-order valence-electron chi connectivity index (χ4n) is 1.73. The van der Waals surface area contributed by atoms with Gasteiger partial charge >= 0.3 is 101 Å². The SMILES string of the molecule is CCC[CH2][Sn]([CH2]CCC)[c]1ccccn1. The summed E-state index contributed by atoms with van der Waals surface area (Å²) in [5, 5.41) is 0. The van der Waals surface area contributed by atoms with Gasteiger partial charge in [0.25, 0.3) is 0 Å². The van der Waals surface area contributed by atoms with E-state index in [2.05, 4.69) is 31.0 Å². The Labute approximate surface area is 101 Å². The van der Waals surface area contributed by atoms with Crippen LogP contribution in [-0.2, 0) is 0 Å². The van der Waals surface area contributed by atoms with E-state index in [0.717, 1.165) is 0 Å². The molecule has 83 valence electrons. The van der Waals surface area contributed by atoms with Crippen molar-refractivity contribution in [3.63, 3.8) is 0 Å². The van der Waals surface area contributed by atoms with E-state index in [1.807, 2.05) is 12.3 Å². The number of hydrogen-bond donors (Lipinski definition) is 0. The molecule has 2 heteroatoms. The van der Waals surface area contributed by atoms with E-state index in [4.69, 9.17) is 0 Å². The Morgan fingerprint density at radius 1 is 1.07 bits per heavy atom. The van der Waals surface area contributed by atoms with Crippen LogP contribution in [0, 0.1) is 0 Å². The second-order valence-corrected chi connectivity index (χ2v) is 11.8. The third-order valence-corrected chi connectivity index (χ3v) is 11.1. The van der Waals surface area contributed by atoms with Crippen molar-refractivity contribution in [1.82, 2.24) is 4.98 Å². The Morgan fingerprint density at radius 2 is 1.73 bits per heavy atom. The summed E-state index contributed by atoms with van der Waals surface area (Å²) >= 11 is -1.33. The minimum atomic E-state index is -1.33. The first-order valence-corrected chi connectivity index (χ1v) is 11.6. The molecule has 1 nitrogen and oxygen atoms in total. The summed E-state index contributed by atoms with van der Waals surface area (Å²) in [5.41, 5.74) is 0. The van der Waals surface area contributed by atoms with E-state index >= 15 is 0 Å². The van der Waals surface area contributed by atoms with Crippen LogP contribution in [0.1, 0.15) is 39.5 Å². The average molecular weight is 311 g/mol. The predicted molar refractivity (Wildman–Crippen MR) is 69.1 cm³/mol. The topological polar surface area (TPSA) is 12.9 Å². The fourth-order valence-corrected chi connectivity index (χ4v) is 10.0. The zero-order chi connectivity index (χ0) is 10.9. The van der Waals surface area contributed by atoms with Gasteiger partial charge in [0, 0.05) is 0 Å². The molecule has 0 saturated heterocycles. The quantitative estimate of drug-likeness (QED) is 0.704. The summed E-state index contributed by atoms with van der Waals surface area (Å²) in [7, 11) is 0. The molecule has 15 heavy (non-hydrogen) atoms. The number of rotatable bonds is 7. The first kappa shape index (κ1) is 13.0. The summed E-state index contributed by atoms with van der Waals surface area (Å²) < 4.78 is 4.48. The van der Waals surface area contributed by atoms with Gasteiger partial charge in [-0.1, -0.05) is 0 Å². The van der Waals surface area contributed by atoms with Crippen LogP contribution < -0.4 is 3.71 Å². The predicted octanol–water partition coefficient (Wildman–Crippen LogP) is 3.38. The molecule has 1 rings (SSSR count). The molecular formula is C13H22NSn. The molecule has 0 N–H and O–H groups in total. The van der Waals surface area contributed by atoms with Crippen molar-refractivity contribution >= 4 is 23.5 Å². The molecular weight excluding hydrogens is 289 g/mol. The zero-order valence-corrected chi connectivity index (χ0v) is 12.9. The average Bonchev–Trinajstić information content (AvgIpc) is 2.30. The van der Waals surface area contributed by atoms with Crippen molar-refractivity contribution in [2.45, 2.75) is 48.4 Å². The second-order valence-electron chi connectivity index (χ2n) is 4.03. The van der Waals surface area contributed by atoms with Gasteiger partial charge in [0.15, 0.2) is 0 Å². The Hall–Kier alpha value is -0.0513. The number of aromatic nitrogens is 1. The van der Waals surface area contributed by atoms with Crippen LogP contribution in [0.5, 0.6) is 0 Å². The van der Waals surface area contributed by atoms with Crippen LogP contribution in [0.15, 0.2) is 24.4 Å². The van der Waals surface area contributed by atoms with Crippen LogP contribution in [0.4, 0.5) is 0 Å². The van der Waals surface area contributed by atoms with E-state index in [1.54, 1.807) is 0 Å². The van der Waals surface area contributed by atoms with Crippen LogP contribution in [-0.4, -0.2) is 24.7 Å². The number of unbranched alkanes of at least 4 members (excludes halogenated alkanes) is 2. The number of pyridine rings is 1. The maximum atomic E-state index is 4.57. The van der Waals surface area contributed by atoms with Gasteiger partial charge in [-0.3, -0.25) is 0 Å². The van der Waals surface area contributed by atoms with Gasteiger partial charge in [-0.25, -0.2) is 0 Å². The summed E-state index contributed by atoms with van der Waals surface area (Å²) in [6.45, 7) is 4.58. The van der Waals surface area contributed by atoms with Crippen molar-refractivity contribution in [3.05, 3.63) is 24.4 Å². The van der Waals surface area contributed by atoms with E-state index < -0.39 is 19.8 Å².